The van der Waals surface area contributed by atoms with E-state index in [1.165, 1.54) is 46.1 Å². The number of nitrogens with zero attached hydrogens (tertiary/aromatic N) is 2. The van der Waals surface area contributed by atoms with Crippen LogP contribution in [0.1, 0.15) is 67.1 Å². The first-order valence-corrected chi connectivity index (χ1v) is 16.8. The molecule has 0 aliphatic carbocycles. The Kier molecular flexibility index (Phi) is 10.4. The number of anilines is 1. The Balaban J connectivity index is 1.87. The lowest BCUT2D eigenvalue weighted by Crippen LogP contribution is -2.62. The number of ether oxygens (including phenoxy) is 4. The van der Waals surface area contributed by atoms with Gasteiger partial charge in [0.15, 0.2) is 5.54 Å². The van der Waals surface area contributed by atoms with Gasteiger partial charge in [-0.1, -0.05) is 30.3 Å². The van der Waals surface area contributed by atoms with Crippen LogP contribution in [0, 0.1) is 12.7 Å². The van der Waals surface area contributed by atoms with Gasteiger partial charge in [-0.05, 0) is 70.9 Å². The van der Waals surface area contributed by atoms with Crippen LogP contribution in [-0.4, -0.2) is 62.6 Å². The molecule has 1 aromatic heterocycles. The van der Waals surface area contributed by atoms with Crippen molar-refractivity contribution < 1.29 is 46.1 Å². The molecule has 1 atom stereocenters. The third kappa shape index (κ3) is 6.74. The molecule has 4 rings (SSSR count). The zero-order valence-corrected chi connectivity index (χ0v) is 28.3. The van der Waals surface area contributed by atoms with Gasteiger partial charge >= 0.3 is 18.0 Å². The summed E-state index contributed by atoms with van der Waals surface area (Å²) >= 11 is 0.770. The number of urea groups is 1. The highest BCUT2D eigenvalue weighted by atomic mass is 32.2. The quantitative estimate of drug-likeness (QED) is 0.212. The molecule has 248 valence electrons. The van der Waals surface area contributed by atoms with Gasteiger partial charge in [-0.2, -0.15) is 4.31 Å². The van der Waals surface area contributed by atoms with E-state index < -0.39 is 51.6 Å². The van der Waals surface area contributed by atoms with E-state index in [0.29, 0.717) is 9.87 Å². The van der Waals surface area contributed by atoms with E-state index >= 15 is 0 Å². The van der Waals surface area contributed by atoms with Gasteiger partial charge in [-0.3, -0.25) is 4.90 Å². The highest BCUT2D eigenvalue weighted by molar-refractivity contribution is 7.90. The smallest absolute Gasteiger partial charge is 0.348 e. The third-order valence-corrected chi connectivity index (χ3v) is 10.8. The van der Waals surface area contributed by atoms with E-state index in [-0.39, 0.29) is 51.4 Å². The lowest BCUT2D eigenvalue weighted by atomic mass is 10.1. The van der Waals surface area contributed by atoms with Gasteiger partial charge in [0.2, 0.25) is 0 Å². The Labute approximate surface area is 271 Å². The van der Waals surface area contributed by atoms with E-state index in [1.807, 2.05) is 0 Å². The number of thiophene rings is 1. The van der Waals surface area contributed by atoms with Gasteiger partial charge in [0, 0.05) is 5.56 Å². The summed E-state index contributed by atoms with van der Waals surface area (Å²) in [5.41, 5.74) is -1.05. The second kappa shape index (κ2) is 13.8. The van der Waals surface area contributed by atoms with Crippen LogP contribution in [0.5, 0.6) is 5.75 Å². The Hall–Kier alpha value is -4.01. The molecule has 0 radical (unpaired) electrons. The lowest BCUT2D eigenvalue weighted by molar-refractivity contribution is -0.153. The fourth-order valence-electron chi connectivity index (χ4n) is 5.10. The molecule has 0 spiro atoms. The number of carbonyl (C=O) groups is 3. The van der Waals surface area contributed by atoms with Crippen LogP contribution in [0.3, 0.4) is 0 Å². The minimum atomic E-state index is -4.73. The summed E-state index contributed by atoms with van der Waals surface area (Å²) in [6.07, 6.45) is -1.44. The first-order chi connectivity index (χ1) is 21.6. The van der Waals surface area contributed by atoms with E-state index in [1.54, 1.807) is 51.1 Å². The van der Waals surface area contributed by atoms with Crippen molar-refractivity contribution in [1.82, 2.24) is 4.31 Å². The van der Waals surface area contributed by atoms with Crippen LogP contribution in [0.2, 0.25) is 0 Å². The summed E-state index contributed by atoms with van der Waals surface area (Å²) in [7, 11) is -3.33. The lowest BCUT2D eigenvalue weighted by Gasteiger charge is -2.42. The Morgan fingerprint density at radius 2 is 1.74 bits per heavy atom. The number of hydrogen-bond donors (Lipinski definition) is 0. The highest BCUT2D eigenvalue weighted by Crippen LogP contribution is 2.47. The topological polar surface area (TPSA) is 129 Å². The average Bonchev–Trinajstić information content (AvgIpc) is 3.35. The zero-order valence-electron chi connectivity index (χ0n) is 26.7. The molecular weight excluding hydrogens is 639 g/mol. The molecule has 0 saturated heterocycles. The molecular formula is C32H37FN2O9S2. The first kappa shape index (κ1) is 34.9. The molecule has 2 aromatic carbocycles. The van der Waals surface area contributed by atoms with Gasteiger partial charge in [-0.15, -0.1) is 11.3 Å². The van der Waals surface area contributed by atoms with Crippen LogP contribution < -0.4 is 9.64 Å². The Morgan fingerprint density at radius 1 is 1.07 bits per heavy atom. The first-order valence-electron chi connectivity index (χ1n) is 14.5. The third-order valence-electron chi connectivity index (χ3n) is 7.23. The predicted molar refractivity (Wildman–Crippen MR) is 169 cm³/mol. The summed E-state index contributed by atoms with van der Waals surface area (Å²) in [4.78, 5) is 41.6. The van der Waals surface area contributed by atoms with Crippen LogP contribution >= 0.6 is 11.3 Å². The van der Waals surface area contributed by atoms with Crippen LogP contribution in [0.25, 0.3) is 0 Å². The van der Waals surface area contributed by atoms with Crippen molar-refractivity contribution in [3.8, 4) is 5.75 Å². The van der Waals surface area contributed by atoms with E-state index in [4.69, 9.17) is 18.9 Å². The molecule has 3 aromatic rings. The summed E-state index contributed by atoms with van der Waals surface area (Å²) in [6.45, 7) is 8.63. The average molecular weight is 677 g/mol. The predicted octanol–water partition coefficient (Wildman–Crippen LogP) is 6.00. The normalized spacial score (nSPS) is 15.0. The maximum atomic E-state index is 14.5. The number of amides is 2. The molecule has 2 heterocycles. The Morgan fingerprint density at radius 3 is 2.35 bits per heavy atom. The van der Waals surface area contributed by atoms with Gasteiger partial charge in [0.25, 0.3) is 10.0 Å². The number of benzene rings is 2. The second-order valence-electron chi connectivity index (χ2n) is 11.3. The molecule has 14 heteroatoms. The van der Waals surface area contributed by atoms with E-state index in [0.717, 1.165) is 16.2 Å². The molecule has 1 unspecified atom stereocenters. The van der Waals surface area contributed by atoms with E-state index in [2.05, 4.69) is 0 Å². The minimum absolute atomic E-state index is 0.0239. The van der Waals surface area contributed by atoms with Crippen LogP contribution in [0.15, 0.2) is 53.4 Å². The van der Waals surface area contributed by atoms with Crippen molar-refractivity contribution in [3.63, 3.8) is 0 Å². The molecule has 0 saturated carbocycles. The number of hydrogen-bond acceptors (Lipinski definition) is 10. The van der Waals surface area contributed by atoms with Crippen molar-refractivity contribution >= 4 is 44.3 Å². The van der Waals surface area contributed by atoms with Gasteiger partial charge in [0.1, 0.15) is 39.1 Å². The largest absolute Gasteiger partial charge is 0.496 e. The monoisotopic (exact) mass is 676 g/mol. The van der Waals surface area contributed by atoms with Crippen molar-refractivity contribution in [2.45, 2.75) is 70.8 Å². The standard InChI is InChI=1S/C32H37FN2O9S2/c1-8-42-29(36)26-20(4)27-28(45-26)34(17-25(44-19(2)3)23-16-22(33)14-15-24(23)41-7)31(38)35(46(27,39)40)32(5,6)30(37)43-18-21-12-10-9-11-13-21/h9-16,19,25H,8,17-18H2,1-7H3. The fraction of sp³-hybridized carbons (Fsp3) is 0.406. The van der Waals surface area contributed by atoms with E-state index in [9.17, 15) is 27.2 Å². The van der Waals surface area contributed by atoms with Gasteiger partial charge in [-0.25, -0.2) is 27.2 Å². The number of halogens is 1. The molecule has 46 heavy (non-hydrogen) atoms. The van der Waals surface area contributed by atoms with Crippen LogP contribution in [-0.2, 0) is 35.6 Å². The SMILES string of the molecule is CCOC(=O)c1sc2c(c1C)S(=O)(=O)N(C(C)(C)C(=O)OCc1ccccc1)C(=O)N2CC(OC(C)C)c1cc(F)ccc1OC. The fourth-order valence-corrected chi connectivity index (χ4v) is 8.68. The molecule has 0 bridgehead atoms. The molecule has 2 amide bonds. The molecule has 11 nitrogen and oxygen atoms in total. The maximum Gasteiger partial charge on any atom is 0.348 e. The van der Waals surface area contributed by atoms with Gasteiger partial charge in [0.05, 0.1) is 26.4 Å². The highest BCUT2D eigenvalue weighted by Gasteiger charge is 2.55. The summed E-state index contributed by atoms with van der Waals surface area (Å²) < 4.78 is 65.9. The number of sulfonamides is 1. The van der Waals surface area contributed by atoms with Gasteiger partial charge < -0.3 is 18.9 Å². The number of fused-ring (bicyclic) bond motifs is 1. The van der Waals surface area contributed by atoms with Crippen molar-refractivity contribution in [3.05, 3.63) is 75.9 Å². The summed E-state index contributed by atoms with van der Waals surface area (Å²) in [6, 6.07) is 11.5. The number of rotatable bonds is 12. The maximum absolute atomic E-state index is 14.5. The van der Waals surface area contributed by atoms with Crippen molar-refractivity contribution in [2.24, 2.45) is 0 Å². The zero-order chi connectivity index (χ0) is 34.0. The second-order valence-corrected chi connectivity index (χ2v) is 14.0. The van der Waals surface area contributed by atoms with Crippen LogP contribution in [0.4, 0.5) is 14.2 Å². The molecule has 1 aliphatic heterocycles. The Bertz CT molecular complexity index is 1720. The van der Waals surface area contributed by atoms with Crippen molar-refractivity contribution in [2.75, 3.05) is 25.2 Å². The molecule has 0 N–H and O–H groups in total. The van der Waals surface area contributed by atoms with Crippen molar-refractivity contribution in [1.29, 1.82) is 0 Å². The number of methoxy groups -OCH3 is 1. The summed E-state index contributed by atoms with van der Waals surface area (Å²) in [5.74, 6) is -2.05. The minimum Gasteiger partial charge on any atom is -0.496 e. The molecule has 1 aliphatic rings. The number of esters is 2. The summed E-state index contributed by atoms with van der Waals surface area (Å²) in [5, 5.41) is -0.0667. The molecule has 0 fully saturated rings. The number of carbonyl (C=O) groups excluding carboxylic acids is 3.